The smallest absolute Gasteiger partial charge is 0.230 e. The summed E-state index contributed by atoms with van der Waals surface area (Å²) in [5.41, 5.74) is 6.50. The molecule has 2 aromatic rings. The van der Waals surface area contributed by atoms with Crippen LogP contribution in [0.3, 0.4) is 0 Å². The molecule has 0 saturated carbocycles. The predicted octanol–water partition coefficient (Wildman–Crippen LogP) is 2.58. The van der Waals surface area contributed by atoms with Crippen molar-refractivity contribution in [3.05, 3.63) is 16.3 Å². The van der Waals surface area contributed by atoms with Gasteiger partial charge in [-0.15, -0.1) is 11.3 Å². The molecule has 0 radical (unpaired) electrons. The van der Waals surface area contributed by atoms with Crippen molar-refractivity contribution in [2.45, 2.75) is 38.0 Å². The molecule has 0 fully saturated rings. The Morgan fingerprint density at radius 3 is 2.61 bits per heavy atom. The number of thioether (sulfide) groups is 1. The Morgan fingerprint density at radius 1 is 1.33 bits per heavy atom. The summed E-state index contributed by atoms with van der Waals surface area (Å²) < 4.78 is 0. The lowest BCUT2D eigenvalue weighted by molar-refractivity contribution is -0.117. The van der Waals surface area contributed by atoms with Crippen LogP contribution in [0.15, 0.2) is 5.03 Å². The Balaban J connectivity index is 2.58. The molecule has 18 heavy (non-hydrogen) atoms. The van der Waals surface area contributed by atoms with Crippen molar-refractivity contribution in [1.29, 1.82) is 0 Å². The summed E-state index contributed by atoms with van der Waals surface area (Å²) in [6.45, 7) is 7.79. The van der Waals surface area contributed by atoms with Gasteiger partial charge in [-0.2, -0.15) is 0 Å². The second-order valence-corrected chi connectivity index (χ2v) is 6.73. The highest BCUT2D eigenvalue weighted by molar-refractivity contribution is 8.00. The van der Waals surface area contributed by atoms with Gasteiger partial charge >= 0.3 is 0 Å². The van der Waals surface area contributed by atoms with Crippen molar-refractivity contribution >= 4 is 39.2 Å². The summed E-state index contributed by atoms with van der Waals surface area (Å²) in [7, 11) is 0. The van der Waals surface area contributed by atoms with Crippen LogP contribution < -0.4 is 5.73 Å². The maximum Gasteiger partial charge on any atom is 0.230 e. The molecule has 0 saturated heterocycles. The lowest BCUT2D eigenvalue weighted by Crippen LogP contribution is -2.22. The van der Waals surface area contributed by atoms with Crippen LogP contribution in [0.25, 0.3) is 10.2 Å². The van der Waals surface area contributed by atoms with Crippen LogP contribution in [0.5, 0.6) is 0 Å². The van der Waals surface area contributed by atoms with E-state index in [1.54, 1.807) is 18.3 Å². The van der Waals surface area contributed by atoms with Crippen molar-refractivity contribution in [3.8, 4) is 0 Å². The van der Waals surface area contributed by atoms with Crippen molar-refractivity contribution in [2.24, 2.45) is 5.73 Å². The van der Waals surface area contributed by atoms with Crippen molar-refractivity contribution in [3.63, 3.8) is 0 Å². The molecule has 1 atom stereocenters. The van der Waals surface area contributed by atoms with Gasteiger partial charge in [0.2, 0.25) is 5.91 Å². The van der Waals surface area contributed by atoms with E-state index in [1.807, 2.05) is 6.92 Å². The topological polar surface area (TPSA) is 68.9 Å². The van der Waals surface area contributed by atoms with Gasteiger partial charge in [0.25, 0.3) is 0 Å². The highest BCUT2D eigenvalue weighted by atomic mass is 32.2. The van der Waals surface area contributed by atoms with Gasteiger partial charge < -0.3 is 5.73 Å². The van der Waals surface area contributed by atoms with E-state index < -0.39 is 0 Å². The van der Waals surface area contributed by atoms with E-state index in [9.17, 15) is 4.79 Å². The Labute approximate surface area is 114 Å². The van der Waals surface area contributed by atoms with Gasteiger partial charge in [-0.1, -0.05) is 11.8 Å². The zero-order valence-electron chi connectivity index (χ0n) is 10.8. The number of rotatable bonds is 3. The zero-order valence-corrected chi connectivity index (χ0v) is 12.4. The van der Waals surface area contributed by atoms with Crippen molar-refractivity contribution < 1.29 is 4.79 Å². The second kappa shape index (κ2) is 4.85. The molecule has 0 aliphatic rings. The maximum atomic E-state index is 11.2. The van der Waals surface area contributed by atoms with Crippen LogP contribution in [0.4, 0.5) is 0 Å². The molecular formula is C12H15N3OS2. The van der Waals surface area contributed by atoms with Crippen LogP contribution >= 0.6 is 23.1 Å². The molecule has 0 aromatic carbocycles. The van der Waals surface area contributed by atoms with Crippen LogP contribution in [0.2, 0.25) is 0 Å². The zero-order chi connectivity index (χ0) is 13.4. The number of nitrogens with zero attached hydrogens (tertiary/aromatic N) is 2. The van der Waals surface area contributed by atoms with Gasteiger partial charge in [-0.25, -0.2) is 9.97 Å². The van der Waals surface area contributed by atoms with E-state index in [0.717, 1.165) is 21.1 Å². The number of primary amides is 1. The summed E-state index contributed by atoms with van der Waals surface area (Å²) in [6, 6.07) is 0. The number of aromatic nitrogens is 2. The van der Waals surface area contributed by atoms with Gasteiger partial charge in [0.1, 0.15) is 15.7 Å². The Bertz CT molecular complexity index is 621. The fourth-order valence-electron chi connectivity index (χ4n) is 1.63. The fourth-order valence-corrected chi connectivity index (χ4v) is 3.77. The van der Waals surface area contributed by atoms with Gasteiger partial charge in [0.05, 0.1) is 5.25 Å². The third-order valence-corrected chi connectivity index (χ3v) is 5.00. The molecule has 0 bridgehead atoms. The molecule has 2 aromatic heterocycles. The molecule has 0 aliphatic carbocycles. The summed E-state index contributed by atoms with van der Waals surface area (Å²) in [4.78, 5) is 22.3. The normalized spacial score (nSPS) is 12.9. The Morgan fingerprint density at radius 2 is 2.00 bits per heavy atom. The summed E-state index contributed by atoms with van der Waals surface area (Å²) in [5.74, 6) is 0.400. The summed E-state index contributed by atoms with van der Waals surface area (Å²) in [6.07, 6.45) is 0. The number of carbonyl (C=O) groups excluding carboxylic acids is 1. The third-order valence-electron chi connectivity index (χ3n) is 2.80. The molecule has 2 N–H and O–H groups in total. The minimum Gasteiger partial charge on any atom is -0.369 e. The molecule has 96 valence electrons. The molecule has 4 nitrogen and oxygen atoms in total. The van der Waals surface area contributed by atoms with Crippen LogP contribution in [0.1, 0.15) is 23.2 Å². The number of aryl methyl sites for hydroxylation is 3. The molecule has 0 aliphatic heterocycles. The molecule has 2 rings (SSSR count). The van der Waals surface area contributed by atoms with E-state index in [0.29, 0.717) is 0 Å². The SMILES string of the molecule is Cc1nc(S[C@H](C)C(N)=O)c2c(C)c(C)sc2n1. The van der Waals surface area contributed by atoms with E-state index in [-0.39, 0.29) is 11.2 Å². The molecule has 0 unspecified atom stereocenters. The van der Waals surface area contributed by atoms with Gasteiger partial charge in [-0.3, -0.25) is 4.79 Å². The molecular weight excluding hydrogens is 266 g/mol. The molecule has 6 heteroatoms. The predicted molar refractivity (Wildman–Crippen MR) is 76.1 cm³/mol. The van der Waals surface area contributed by atoms with Crippen molar-refractivity contribution in [1.82, 2.24) is 9.97 Å². The van der Waals surface area contributed by atoms with Crippen molar-refractivity contribution in [2.75, 3.05) is 0 Å². The fraction of sp³-hybridized carbons (Fsp3) is 0.417. The lowest BCUT2D eigenvalue weighted by Gasteiger charge is -2.08. The summed E-state index contributed by atoms with van der Waals surface area (Å²) >= 11 is 3.07. The number of nitrogens with two attached hydrogens (primary N) is 1. The minimum atomic E-state index is -0.325. The first-order valence-corrected chi connectivity index (χ1v) is 7.30. The van der Waals surface area contributed by atoms with Crippen LogP contribution in [-0.4, -0.2) is 21.1 Å². The minimum absolute atomic E-state index is 0.290. The van der Waals surface area contributed by atoms with Gasteiger partial charge in [0.15, 0.2) is 0 Å². The van der Waals surface area contributed by atoms with Gasteiger partial charge in [0, 0.05) is 10.3 Å². The van der Waals surface area contributed by atoms with E-state index >= 15 is 0 Å². The molecule has 0 spiro atoms. The average molecular weight is 281 g/mol. The van der Waals surface area contributed by atoms with E-state index in [2.05, 4.69) is 23.8 Å². The lowest BCUT2D eigenvalue weighted by atomic mass is 10.2. The monoisotopic (exact) mass is 281 g/mol. The molecule has 2 heterocycles. The second-order valence-electron chi connectivity index (χ2n) is 4.20. The molecule has 1 amide bonds. The van der Waals surface area contributed by atoms with Crippen LogP contribution in [-0.2, 0) is 4.79 Å². The standard InChI is InChI=1S/C12H15N3OS2/c1-5-6(2)17-11-9(5)12(15-8(4)14-11)18-7(3)10(13)16/h7H,1-4H3,(H2,13,16)/t7-/m1/s1. The first kappa shape index (κ1) is 13.3. The third kappa shape index (κ3) is 2.35. The Hall–Kier alpha value is -1.14. The Kier molecular flexibility index (Phi) is 3.59. The highest BCUT2D eigenvalue weighted by Gasteiger charge is 2.18. The number of thiophene rings is 1. The van der Waals surface area contributed by atoms with E-state index in [4.69, 9.17) is 5.73 Å². The van der Waals surface area contributed by atoms with E-state index in [1.165, 1.54) is 22.2 Å². The largest absolute Gasteiger partial charge is 0.369 e. The first-order valence-electron chi connectivity index (χ1n) is 5.60. The quantitative estimate of drug-likeness (QED) is 0.693. The highest BCUT2D eigenvalue weighted by Crippen LogP contribution is 2.36. The number of carbonyl (C=O) groups is 1. The number of hydrogen-bond acceptors (Lipinski definition) is 5. The number of hydrogen-bond donors (Lipinski definition) is 1. The number of amides is 1. The van der Waals surface area contributed by atoms with Gasteiger partial charge in [-0.05, 0) is 33.3 Å². The van der Waals surface area contributed by atoms with Crippen LogP contribution in [0, 0.1) is 20.8 Å². The summed E-state index contributed by atoms with van der Waals surface area (Å²) in [5, 5.41) is 1.62. The maximum absolute atomic E-state index is 11.2. The number of fused-ring (bicyclic) bond motifs is 1. The first-order chi connectivity index (χ1) is 8.40. The average Bonchev–Trinajstić information content (AvgIpc) is 2.54.